The second-order valence-electron chi connectivity index (χ2n) is 13.2. The zero-order valence-corrected chi connectivity index (χ0v) is 29.4. The van der Waals surface area contributed by atoms with Gasteiger partial charge >= 0.3 is 0 Å². The molecule has 12 aromatic rings. The molecular formula is C49H30N8. The van der Waals surface area contributed by atoms with E-state index in [4.69, 9.17) is 30.0 Å². The van der Waals surface area contributed by atoms with Crippen LogP contribution in [0.1, 0.15) is 17.8 Å². The van der Waals surface area contributed by atoms with Gasteiger partial charge in [0.2, 0.25) is 5.95 Å². The molecule has 0 aliphatic carbocycles. The molecule has 0 bridgehead atoms. The summed E-state index contributed by atoms with van der Waals surface area (Å²) < 4.78 is 121. The summed E-state index contributed by atoms with van der Waals surface area (Å²) in [5.41, 5.74) is 3.41. The number of aromatic nitrogens is 8. The van der Waals surface area contributed by atoms with Crippen molar-refractivity contribution in [3.63, 3.8) is 0 Å². The van der Waals surface area contributed by atoms with E-state index in [0.29, 0.717) is 22.5 Å². The lowest BCUT2D eigenvalue weighted by Gasteiger charge is -2.20. The Kier molecular flexibility index (Phi) is 4.57. The second-order valence-corrected chi connectivity index (χ2v) is 13.2. The molecule has 6 heterocycles. The van der Waals surface area contributed by atoms with Crippen LogP contribution in [0.3, 0.4) is 0 Å². The number of hydrogen-bond acceptors (Lipinski definition) is 5. The summed E-state index contributed by atoms with van der Waals surface area (Å²) in [5, 5.41) is 3.12. The van der Waals surface area contributed by atoms with E-state index in [1.54, 1.807) is 36.9 Å². The van der Waals surface area contributed by atoms with Crippen LogP contribution in [0, 0.1) is 0 Å². The molecule has 0 fully saturated rings. The van der Waals surface area contributed by atoms with Crippen LogP contribution in [0.5, 0.6) is 0 Å². The van der Waals surface area contributed by atoms with Gasteiger partial charge in [0.1, 0.15) is 0 Å². The minimum atomic E-state index is -0.681. The molecule has 0 N–H and O–H groups in total. The number of fused-ring (bicyclic) bond motifs is 9. The summed E-state index contributed by atoms with van der Waals surface area (Å²) >= 11 is 0. The van der Waals surface area contributed by atoms with Gasteiger partial charge in [0, 0.05) is 55.8 Å². The SMILES string of the molecule is [2H]c1c([2H])c([2H])c(-c2nc(-c3cccc(-n4c5ccccc5c5ccncc54)c3-n3c4ccccc4c4ccncc43)nc(-n3c4c([2H])c([2H])c([2H])c([2H])c4c4c([2H])c([2H])c([2H])c([2H])c43)n2)c([2H])c1[2H]. The minimum Gasteiger partial charge on any atom is -0.306 e. The fourth-order valence-electron chi connectivity index (χ4n) is 7.94. The maximum absolute atomic E-state index is 9.26. The van der Waals surface area contributed by atoms with Crippen LogP contribution in [0.15, 0.2) is 182 Å². The predicted molar refractivity (Wildman–Crippen MR) is 229 cm³/mol. The number of nitrogens with zero attached hydrogens (tertiary/aromatic N) is 8. The minimum absolute atomic E-state index is 0.144. The standard InChI is InChI=1S/C49H30N8/c1-2-13-31(14-3-1)47-52-48(54-49(53-47)57-41-22-10-6-15-32(41)33-16-7-11-23-42(33)57)38-19-12-24-43(55-39-20-8-4-17-34(39)36-25-27-50-29-44(36)55)46(38)56-40-21-9-5-18-35(40)37-26-28-51-30-45(37)56/h1-30H/i1D,2D,3D,6D,7D,10D,11D,13D,14D,15D,16D,22D,23D. The Balaban J connectivity index is 1.31. The van der Waals surface area contributed by atoms with Gasteiger partial charge in [-0.05, 0) is 48.5 Å². The predicted octanol–water partition coefficient (Wildman–Crippen LogP) is 11.3. The molecule has 0 saturated carbocycles. The van der Waals surface area contributed by atoms with Crippen molar-refractivity contribution in [2.45, 2.75) is 0 Å². The highest BCUT2D eigenvalue weighted by atomic mass is 15.2. The van der Waals surface area contributed by atoms with Crippen molar-refractivity contribution in [2.75, 3.05) is 0 Å². The van der Waals surface area contributed by atoms with E-state index in [0.717, 1.165) is 42.7 Å². The van der Waals surface area contributed by atoms with Crippen molar-refractivity contribution >= 4 is 65.4 Å². The highest BCUT2D eigenvalue weighted by Crippen LogP contribution is 2.42. The Bertz CT molecular complexity index is 4100. The van der Waals surface area contributed by atoms with E-state index < -0.39 is 95.9 Å². The number of pyridine rings is 2. The zero-order chi connectivity index (χ0) is 48.8. The summed E-state index contributed by atoms with van der Waals surface area (Å²) in [5.74, 6) is -1.02. The molecule has 0 spiro atoms. The largest absolute Gasteiger partial charge is 0.306 e. The zero-order valence-electron chi connectivity index (χ0n) is 42.4. The molecule has 8 nitrogen and oxygen atoms in total. The first-order chi connectivity index (χ1) is 33.7. The first-order valence-electron chi connectivity index (χ1n) is 24.4. The molecule has 6 aromatic heterocycles. The molecule has 0 atom stereocenters. The number of benzene rings is 6. The molecule has 0 aliphatic heterocycles. The van der Waals surface area contributed by atoms with E-state index in [-0.39, 0.29) is 27.6 Å². The average Bonchev–Trinajstić information content (AvgIpc) is 4.04. The van der Waals surface area contributed by atoms with Gasteiger partial charge in [-0.1, -0.05) is 109 Å². The summed E-state index contributed by atoms with van der Waals surface area (Å²) in [6.07, 6.45) is 6.92. The van der Waals surface area contributed by atoms with Crippen LogP contribution in [0.4, 0.5) is 0 Å². The smallest absolute Gasteiger partial charge is 0.238 e. The molecular weight excluding hydrogens is 701 g/mol. The molecule has 0 aliphatic rings. The van der Waals surface area contributed by atoms with Gasteiger partial charge in [0.15, 0.2) is 11.6 Å². The van der Waals surface area contributed by atoms with E-state index in [2.05, 4.69) is 14.5 Å². The van der Waals surface area contributed by atoms with Gasteiger partial charge in [-0.25, -0.2) is 4.98 Å². The van der Waals surface area contributed by atoms with Crippen molar-refractivity contribution in [3.8, 4) is 40.1 Å². The molecule has 57 heavy (non-hydrogen) atoms. The summed E-state index contributed by atoms with van der Waals surface area (Å²) in [7, 11) is 0. The van der Waals surface area contributed by atoms with Gasteiger partial charge in [-0.3, -0.25) is 14.5 Å². The second kappa shape index (κ2) is 12.3. The van der Waals surface area contributed by atoms with Gasteiger partial charge < -0.3 is 9.13 Å². The van der Waals surface area contributed by atoms with Crippen molar-refractivity contribution in [1.29, 1.82) is 0 Å². The fraction of sp³-hybridized carbons (Fsp3) is 0. The Morgan fingerprint density at radius 1 is 0.404 bits per heavy atom. The van der Waals surface area contributed by atoms with E-state index in [1.165, 1.54) is 0 Å². The molecule has 6 aromatic carbocycles. The van der Waals surface area contributed by atoms with Gasteiger partial charge in [0.05, 0.1) is 74.7 Å². The summed E-state index contributed by atoms with van der Waals surface area (Å²) in [4.78, 5) is 23.8. The van der Waals surface area contributed by atoms with E-state index in [9.17, 15) is 2.74 Å². The first kappa shape index (κ1) is 21.2. The van der Waals surface area contributed by atoms with Crippen LogP contribution in [-0.2, 0) is 0 Å². The van der Waals surface area contributed by atoms with Crippen LogP contribution in [0.25, 0.3) is 106 Å². The third-order valence-electron chi connectivity index (χ3n) is 10.3. The fourth-order valence-corrected chi connectivity index (χ4v) is 7.94. The topological polar surface area (TPSA) is 79.2 Å². The summed E-state index contributed by atoms with van der Waals surface area (Å²) in [6, 6.07) is 16.6. The van der Waals surface area contributed by atoms with E-state index in [1.807, 2.05) is 71.3 Å². The molecule has 0 saturated heterocycles. The molecule has 266 valence electrons. The molecule has 0 radical (unpaired) electrons. The number of hydrogen-bond donors (Lipinski definition) is 0. The monoisotopic (exact) mass is 743 g/mol. The van der Waals surface area contributed by atoms with Crippen molar-refractivity contribution in [3.05, 3.63) is 182 Å². The average molecular weight is 744 g/mol. The highest BCUT2D eigenvalue weighted by molar-refractivity contribution is 6.12. The maximum Gasteiger partial charge on any atom is 0.238 e. The Morgan fingerprint density at radius 2 is 0.965 bits per heavy atom. The molecule has 0 amide bonds. The molecule has 8 heteroatoms. The van der Waals surface area contributed by atoms with Crippen LogP contribution >= 0.6 is 0 Å². The van der Waals surface area contributed by atoms with Crippen molar-refractivity contribution in [1.82, 2.24) is 38.6 Å². The lowest BCUT2D eigenvalue weighted by Crippen LogP contribution is -2.10. The Morgan fingerprint density at radius 3 is 1.65 bits per heavy atom. The third-order valence-corrected chi connectivity index (χ3v) is 10.3. The van der Waals surface area contributed by atoms with Crippen molar-refractivity contribution < 1.29 is 17.8 Å². The van der Waals surface area contributed by atoms with Crippen molar-refractivity contribution in [2.24, 2.45) is 0 Å². The maximum atomic E-state index is 9.26. The Labute approximate surface area is 343 Å². The van der Waals surface area contributed by atoms with Gasteiger partial charge in [-0.2, -0.15) is 9.97 Å². The van der Waals surface area contributed by atoms with Crippen LogP contribution in [0.2, 0.25) is 0 Å². The normalized spacial score (nSPS) is 15.1. The Hall–Kier alpha value is -7.97. The third kappa shape index (κ3) is 4.64. The van der Waals surface area contributed by atoms with Crippen LogP contribution < -0.4 is 0 Å². The van der Waals surface area contributed by atoms with Crippen LogP contribution in [-0.4, -0.2) is 38.6 Å². The molecule has 0 unspecified atom stereocenters. The summed E-state index contributed by atoms with van der Waals surface area (Å²) in [6.45, 7) is 0. The van der Waals surface area contributed by atoms with E-state index >= 15 is 0 Å². The molecule has 12 rings (SSSR count). The lowest BCUT2D eigenvalue weighted by molar-refractivity contribution is 0.950. The quantitative estimate of drug-likeness (QED) is 0.175. The van der Waals surface area contributed by atoms with Gasteiger partial charge in [-0.15, -0.1) is 0 Å². The number of rotatable bonds is 5. The first-order valence-corrected chi connectivity index (χ1v) is 17.9. The highest BCUT2D eigenvalue weighted by Gasteiger charge is 2.25. The number of para-hydroxylation sites is 5. The lowest BCUT2D eigenvalue weighted by atomic mass is 10.1. The van der Waals surface area contributed by atoms with Gasteiger partial charge in [0.25, 0.3) is 0 Å².